The largest absolute Gasteiger partial charge is 0.306 e. The summed E-state index contributed by atoms with van der Waals surface area (Å²) in [7, 11) is 0. The van der Waals surface area contributed by atoms with Crippen molar-refractivity contribution in [1.29, 1.82) is 5.26 Å². The number of amides is 1. The van der Waals surface area contributed by atoms with E-state index in [1.165, 1.54) is 17.0 Å². The van der Waals surface area contributed by atoms with E-state index in [1.54, 1.807) is 0 Å². The summed E-state index contributed by atoms with van der Waals surface area (Å²) in [5, 5.41) is 8.55. The highest BCUT2D eigenvalue weighted by molar-refractivity contribution is 6.32. The van der Waals surface area contributed by atoms with Gasteiger partial charge in [-0.2, -0.15) is 5.26 Å². The van der Waals surface area contributed by atoms with E-state index in [1.807, 2.05) is 13.0 Å². The molecule has 1 fully saturated rings. The van der Waals surface area contributed by atoms with E-state index in [0.717, 1.165) is 12.8 Å². The van der Waals surface area contributed by atoms with Gasteiger partial charge < -0.3 is 4.90 Å². The number of nitrogens with zero attached hydrogens (tertiary/aromatic N) is 2. The third-order valence-corrected chi connectivity index (χ3v) is 3.61. The fourth-order valence-electron chi connectivity index (χ4n) is 2.27. The average Bonchev–Trinajstić information content (AvgIpc) is 2.74. The molecule has 0 unspecified atom stereocenters. The Kier molecular flexibility index (Phi) is 3.53. The topological polar surface area (TPSA) is 44.1 Å². The molecule has 1 aromatic carbocycles. The van der Waals surface area contributed by atoms with E-state index < -0.39 is 5.82 Å². The molecule has 0 saturated carbocycles. The summed E-state index contributed by atoms with van der Waals surface area (Å²) in [6.07, 6.45) is 1.92. The van der Waals surface area contributed by atoms with Gasteiger partial charge in [0.25, 0.3) is 0 Å². The highest BCUT2D eigenvalue weighted by Gasteiger charge is 2.33. The summed E-state index contributed by atoms with van der Waals surface area (Å²) in [4.78, 5) is 13.3. The van der Waals surface area contributed by atoms with E-state index in [0.29, 0.717) is 6.42 Å². The number of benzene rings is 1. The van der Waals surface area contributed by atoms with E-state index >= 15 is 0 Å². The molecule has 18 heavy (non-hydrogen) atoms. The molecule has 1 aliphatic rings. The standard InChI is InChI=1S/C13H12ClFN2O/c1-2-9-4-6-11(18)17(9)10-5-3-8(7-16)12(14)13(10)15/h3,5,9H,2,4,6H2,1H3/t9-/m0/s1. The van der Waals surface area contributed by atoms with Crippen LogP contribution in [0.2, 0.25) is 5.02 Å². The lowest BCUT2D eigenvalue weighted by atomic mass is 10.1. The molecular weight excluding hydrogens is 255 g/mol. The molecular formula is C13H12ClFN2O. The SMILES string of the molecule is CC[C@H]1CCC(=O)N1c1ccc(C#N)c(Cl)c1F. The molecule has 1 amide bonds. The van der Waals surface area contributed by atoms with Gasteiger partial charge in [0.1, 0.15) is 6.07 Å². The number of halogens is 2. The number of anilines is 1. The summed E-state index contributed by atoms with van der Waals surface area (Å²) in [5.41, 5.74) is 0.256. The minimum atomic E-state index is -0.690. The van der Waals surface area contributed by atoms with Crippen LogP contribution in [0.5, 0.6) is 0 Å². The van der Waals surface area contributed by atoms with Crippen LogP contribution >= 0.6 is 11.6 Å². The van der Waals surface area contributed by atoms with Gasteiger partial charge in [-0.05, 0) is 25.0 Å². The van der Waals surface area contributed by atoms with Crippen LogP contribution in [0.4, 0.5) is 10.1 Å². The molecule has 0 aromatic heterocycles. The Bertz CT molecular complexity index is 539. The lowest BCUT2D eigenvalue weighted by Gasteiger charge is -2.24. The molecule has 0 N–H and O–H groups in total. The molecule has 0 radical (unpaired) electrons. The third kappa shape index (κ3) is 1.95. The molecule has 1 aromatic rings. The van der Waals surface area contributed by atoms with Gasteiger partial charge in [-0.25, -0.2) is 4.39 Å². The lowest BCUT2D eigenvalue weighted by Crippen LogP contribution is -2.33. The van der Waals surface area contributed by atoms with Crippen LogP contribution in [0.15, 0.2) is 12.1 Å². The van der Waals surface area contributed by atoms with Gasteiger partial charge in [-0.15, -0.1) is 0 Å². The van der Waals surface area contributed by atoms with E-state index in [4.69, 9.17) is 16.9 Å². The Hall–Kier alpha value is -1.60. The Morgan fingerprint density at radius 3 is 2.94 bits per heavy atom. The number of rotatable bonds is 2. The first-order valence-corrected chi connectivity index (χ1v) is 6.18. The Labute approximate surface area is 110 Å². The number of hydrogen-bond acceptors (Lipinski definition) is 2. The molecule has 94 valence electrons. The fourth-order valence-corrected chi connectivity index (χ4v) is 2.47. The minimum absolute atomic E-state index is 0.0102. The van der Waals surface area contributed by atoms with Crippen LogP contribution in [0.25, 0.3) is 0 Å². The van der Waals surface area contributed by atoms with Gasteiger partial charge in [0.05, 0.1) is 16.3 Å². The maximum absolute atomic E-state index is 14.1. The van der Waals surface area contributed by atoms with Crippen molar-refractivity contribution in [3.8, 4) is 6.07 Å². The minimum Gasteiger partial charge on any atom is -0.306 e. The maximum atomic E-state index is 14.1. The van der Waals surface area contributed by atoms with Gasteiger partial charge in [-0.1, -0.05) is 18.5 Å². The quantitative estimate of drug-likeness (QED) is 0.825. The molecule has 1 saturated heterocycles. The summed E-state index contributed by atoms with van der Waals surface area (Å²) in [5.74, 6) is -0.786. The van der Waals surface area contributed by atoms with Gasteiger partial charge in [-0.3, -0.25) is 4.79 Å². The molecule has 0 spiro atoms. The third-order valence-electron chi connectivity index (χ3n) is 3.24. The maximum Gasteiger partial charge on any atom is 0.227 e. The summed E-state index contributed by atoms with van der Waals surface area (Å²) in [6, 6.07) is 4.72. The van der Waals surface area contributed by atoms with Crippen molar-refractivity contribution >= 4 is 23.2 Å². The Balaban J connectivity index is 2.49. The molecule has 0 bridgehead atoms. The Morgan fingerprint density at radius 2 is 2.33 bits per heavy atom. The lowest BCUT2D eigenvalue weighted by molar-refractivity contribution is -0.117. The monoisotopic (exact) mass is 266 g/mol. The number of hydrogen-bond donors (Lipinski definition) is 0. The van der Waals surface area contributed by atoms with Crippen LogP contribution < -0.4 is 4.90 Å². The second kappa shape index (κ2) is 4.95. The van der Waals surface area contributed by atoms with Crippen LogP contribution in [-0.4, -0.2) is 11.9 Å². The predicted molar refractivity (Wildman–Crippen MR) is 66.9 cm³/mol. The second-order valence-electron chi connectivity index (χ2n) is 4.24. The first kappa shape index (κ1) is 12.8. The normalized spacial score (nSPS) is 19.1. The molecule has 1 heterocycles. The first-order chi connectivity index (χ1) is 8.60. The molecule has 0 aliphatic carbocycles. The van der Waals surface area contributed by atoms with Gasteiger partial charge in [0, 0.05) is 12.5 Å². The molecule has 1 aliphatic heterocycles. The summed E-state index contributed by atoms with van der Waals surface area (Å²) >= 11 is 5.78. The van der Waals surface area contributed by atoms with Gasteiger partial charge in [0.2, 0.25) is 5.91 Å². The molecule has 2 rings (SSSR count). The Morgan fingerprint density at radius 1 is 1.61 bits per heavy atom. The van der Waals surface area contributed by atoms with Crippen molar-refractivity contribution in [3.05, 3.63) is 28.5 Å². The highest BCUT2D eigenvalue weighted by Crippen LogP contribution is 2.34. The van der Waals surface area contributed by atoms with Crippen molar-refractivity contribution in [2.24, 2.45) is 0 Å². The van der Waals surface area contributed by atoms with Crippen molar-refractivity contribution in [3.63, 3.8) is 0 Å². The van der Waals surface area contributed by atoms with Crippen molar-refractivity contribution < 1.29 is 9.18 Å². The smallest absolute Gasteiger partial charge is 0.227 e. The van der Waals surface area contributed by atoms with E-state index in [2.05, 4.69) is 0 Å². The van der Waals surface area contributed by atoms with Crippen LogP contribution in [-0.2, 0) is 4.79 Å². The first-order valence-electron chi connectivity index (χ1n) is 5.80. The van der Waals surface area contributed by atoms with E-state index in [9.17, 15) is 9.18 Å². The zero-order chi connectivity index (χ0) is 13.3. The fraction of sp³-hybridized carbons (Fsp3) is 0.385. The van der Waals surface area contributed by atoms with Crippen LogP contribution in [0.3, 0.4) is 0 Å². The molecule has 3 nitrogen and oxygen atoms in total. The molecule has 5 heteroatoms. The van der Waals surface area contributed by atoms with Crippen LogP contribution in [0, 0.1) is 17.1 Å². The van der Waals surface area contributed by atoms with Crippen molar-refractivity contribution in [2.75, 3.05) is 4.90 Å². The van der Waals surface area contributed by atoms with Gasteiger partial charge >= 0.3 is 0 Å². The van der Waals surface area contributed by atoms with Gasteiger partial charge in [0.15, 0.2) is 5.82 Å². The number of carbonyl (C=O) groups excluding carboxylic acids is 1. The summed E-state index contributed by atoms with van der Waals surface area (Å²) < 4.78 is 14.1. The predicted octanol–water partition coefficient (Wildman–Crippen LogP) is 3.26. The van der Waals surface area contributed by atoms with E-state index in [-0.39, 0.29) is 28.2 Å². The number of nitriles is 1. The average molecular weight is 267 g/mol. The number of carbonyl (C=O) groups is 1. The highest BCUT2D eigenvalue weighted by atomic mass is 35.5. The van der Waals surface area contributed by atoms with Crippen molar-refractivity contribution in [2.45, 2.75) is 32.2 Å². The second-order valence-corrected chi connectivity index (χ2v) is 4.61. The zero-order valence-electron chi connectivity index (χ0n) is 9.91. The summed E-state index contributed by atoms with van der Waals surface area (Å²) in [6.45, 7) is 1.96. The zero-order valence-corrected chi connectivity index (χ0v) is 10.7. The van der Waals surface area contributed by atoms with Crippen LogP contribution in [0.1, 0.15) is 31.7 Å². The molecule has 1 atom stereocenters. The van der Waals surface area contributed by atoms with Crippen molar-refractivity contribution in [1.82, 2.24) is 0 Å².